The van der Waals surface area contributed by atoms with Gasteiger partial charge in [0.2, 0.25) is 5.69 Å². The molecule has 3 heteroatoms. The van der Waals surface area contributed by atoms with Gasteiger partial charge >= 0.3 is 0 Å². The molecule has 3 nitrogen and oxygen atoms in total. The van der Waals surface area contributed by atoms with Crippen molar-refractivity contribution >= 4 is 21.9 Å². The van der Waals surface area contributed by atoms with Gasteiger partial charge in [-0.25, -0.2) is 4.57 Å². The number of hydrogen-bond donors (Lipinski definition) is 0. The maximum Gasteiger partial charge on any atom is 0.216 e. The summed E-state index contributed by atoms with van der Waals surface area (Å²) in [6, 6.07) is 31.5. The summed E-state index contributed by atoms with van der Waals surface area (Å²) in [5.74, 6) is 0. The van der Waals surface area contributed by atoms with E-state index in [0.717, 1.165) is 61.0 Å². The van der Waals surface area contributed by atoms with Gasteiger partial charge in [-0.1, -0.05) is 66.7 Å². The highest BCUT2D eigenvalue weighted by Crippen LogP contribution is 2.42. The molecule has 0 spiro atoms. The van der Waals surface area contributed by atoms with E-state index < -0.39 is 0 Å². The monoisotopic (exact) mass is 479 g/mol. The van der Waals surface area contributed by atoms with Crippen LogP contribution in [0.4, 0.5) is 0 Å². The number of benzene rings is 4. The molecule has 0 radical (unpaired) electrons. The number of aryl methyl sites for hydroxylation is 4. The zero-order valence-corrected chi connectivity index (χ0v) is 21.5. The van der Waals surface area contributed by atoms with Crippen LogP contribution >= 0.6 is 0 Å². The zero-order valence-electron chi connectivity index (χ0n) is 21.5. The summed E-state index contributed by atoms with van der Waals surface area (Å²) >= 11 is 0. The van der Waals surface area contributed by atoms with E-state index in [0.29, 0.717) is 5.56 Å². The summed E-state index contributed by atoms with van der Waals surface area (Å²) in [7, 11) is 2.08. The SMILES string of the molecule is Cc1cc(-c2c(C)ccc3c2oc2c(-c4ccc(-c5ccccc5)cc4)c(C#N)ccc23)[n+](C)cc1C. The van der Waals surface area contributed by atoms with E-state index in [1.807, 2.05) is 30.3 Å². The van der Waals surface area contributed by atoms with E-state index in [2.05, 4.69) is 99.2 Å². The van der Waals surface area contributed by atoms with E-state index in [4.69, 9.17) is 4.42 Å². The summed E-state index contributed by atoms with van der Waals surface area (Å²) in [6.07, 6.45) is 2.17. The third kappa shape index (κ3) is 3.70. The molecule has 0 saturated carbocycles. The summed E-state index contributed by atoms with van der Waals surface area (Å²) in [5, 5.41) is 12.1. The predicted molar refractivity (Wildman–Crippen MR) is 150 cm³/mol. The molecule has 0 amide bonds. The van der Waals surface area contributed by atoms with Crippen LogP contribution in [0.2, 0.25) is 0 Å². The summed E-state index contributed by atoms with van der Waals surface area (Å²) in [5.41, 5.74) is 12.2. The first kappa shape index (κ1) is 22.8. The second-order valence-corrected chi connectivity index (χ2v) is 9.79. The van der Waals surface area contributed by atoms with Gasteiger partial charge in [0.1, 0.15) is 18.2 Å². The first-order valence-electron chi connectivity index (χ1n) is 12.5. The molecule has 0 aliphatic heterocycles. The molecule has 0 saturated heterocycles. The van der Waals surface area contributed by atoms with Crippen LogP contribution in [0.25, 0.3) is 55.4 Å². The molecular weight excluding hydrogens is 452 g/mol. The van der Waals surface area contributed by atoms with E-state index in [1.54, 1.807) is 0 Å². The van der Waals surface area contributed by atoms with E-state index in [-0.39, 0.29) is 0 Å². The number of furan rings is 1. The third-order valence-corrected chi connectivity index (χ3v) is 7.42. The highest BCUT2D eigenvalue weighted by molar-refractivity contribution is 6.14. The highest BCUT2D eigenvalue weighted by Gasteiger charge is 2.23. The van der Waals surface area contributed by atoms with Crippen LogP contribution in [-0.4, -0.2) is 0 Å². The van der Waals surface area contributed by atoms with Gasteiger partial charge in [-0.2, -0.15) is 5.26 Å². The van der Waals surface area contributed by atoms with E-state index in [1.165, 1.54) is 11.1 Å². The van der Waals surface area contributed by atoms with Crippen molar-refractivity contribution in [2.45, 2.75) is 20.8 Å². The first-order valence-corrected chi connectivity index (χ1v) is 12.5. The molecule has 0 aliphatic rings. The van der Waals surface area contributed by atoms with Gasteiger partial charge in [0.05, 0.1) is 17.2 Å². The summed E-state index contributed by atoms with van der Waals surface area (Å²) in [4.78, 5) is 0. The molecule has 37 heavy (non-hydrogen) atoms. The van der Waals surface area contributed by atoms with Crippen LogP contribution in [0.3, 0.4) is 0 Å². The lowest BCUT2D eigenvalue weighted by atomic mass is 9.94. The minimum absolute atomic E-state index is 0.606. The molecule has 2 aromatic heterocycles. The normalized spacial score (nSPS) is 11.2. The van der Waals surface area contributed by atoms with Crippen LogP contribution < -0.4 is 4.57 Å². The van der Waals surface area contributed by atoms with Crippen molar-refractivity contribution in [3.8, 4) is 39.6 Å². The Morgan fingerprint density at radius 3 is 1.97 bits per heavy atom. The number of pyridine rings is 1. The largest absolute Gasteiger partial charge is 0.454 e. The minimum Gasteiger partial charge on any atom is -0.454 e. The van der Waals surface area contributed by atoms with Crippen LogP contribution in [0, 0.1) is 32.1 Å². The zero-order chi connectivity index (χ0) is 25.7. The van der Waals surface area contributed by atoms with Gasteiger partial charge in [0.25, 0.3) is 0 Å². The molecule has 0 fully saturated rings. The Balaban J connectivity index is 1.61. The predicted octanol–water partition coefficient (Wildman–Crippen LogP) is 8.21. The average molecular weight is 480 g/mol. The van der Waals surface area contributed by atoms with Crippen molar-refractivity contribution in [3.05, 3.63) is 113 Å². The summed E-state index contributed by atoms with van der Waals surface area (Å²) in [6.45, 7) is 6.40. The maximum atomic E-state index is 10.0. The van der Waals surface area contributed by atoms with Gasteiger partial charge in [-0.3, -0.25) is 0 Å². The smallest absolute Gasteiger partial charge is 0.216 e. The Bertz CT molecular complexity index is 1850. The Morgan fingerprint density at radius 2 is 1.27 bits per heavy atom. The Labute approximate surface area is 216 Å². The van der Waals surface area contributed by atoms with Crippen molar-refractivity contribution in [1.29, 1.82) is 5.26 Å². The molecule has 2 heterocycles. The molecule has 178 valence electrons. The average Bonchev–Trinajstić information content (AvgIpc) is 3.29. The number of nitriles is 1. The molecule has 0 atom stereocenters. The number of aromatic nitrogens is 1. The van der Waals surface area contributed by atoms with Crippen LogP contribution in [0.5, 0.6) is 0 Å². The molecule has 0 unspecified atom stereocenters. The Kier molecular flexibility index (Phi) is 5.39. The molecule has 6 rings (SSSR count). The number of rotatable bonds is 3. The highest BCUT2D eigenvalue weighted by atomic mass is 16.3. The maximum absolute atomic E-state index is 10.0. The van der Waals surface area contributed by atoms with Gasteiger partial charge < -0.3 is 4.42 Å². The molecular formula is C34H27N2O+. The molecule has 4 aromatic carbocycles. The van der Waals surface area contributed by atoms with Crippen molar-refractivity contribution in [2.75, 3.05) is 0 Å². The van der Waals surface area contributed by atoms with Gasteiger partial charge in [-0.05, 0) is 60.7 Å². The standard InChI is InChI=1S/C34H27N2O/c1-21-10-16-28-29-17-15-27(19-35)32(26-13-11-25(12-14-26)24-8-6-5-7-9-24)34(29)37-33(28)31(21)30-18-22(2)23(3)20-36(30)4/h5-18,20H,1-4H3/q+1. The number of nitrogens with zero attached hydrogens (tertiary/aromatic N) is 2. The fourth-order valence-corrected chi connectivity index (χ4v) is 5.29. The minimum atomic E-state index is 0.606. The Hall–Kier alpha value is -4.68. The van der Waals surface area contributed by atoms with E-state index >= 15 is 0 Å². The van der Waals surface area contributed by atoms with Gasteiger partial charge in [0, 0.05) is 28.0 Å². The fourth-order valence-electron chi connectivity index (χ4n) is 5.29. The number of hydrogen-bond acceptors (Lipinski definition) is 2. The first-order chi connectivity index (χ1) is 18.0. The van der Waals surface area contributed by atoms with Crippen LogP contribution in [0.1, 0.15) is 22.3 Å². The van der Waals surface area contributed by atoms with Crippen molar-refractivity contribution < 1.29 is 8.98 Å². The molecule has 0 N–H and O–H groups in total. The van der Waals surface area contributed by atoms with Crippen molar-refractivity contribution in [2.24, 2.45) is 7.05 Å². The van der Waals surface area contributed by atoms with Crippen molar-refractivity contribution in [1.82, 2.24) is 0 Å². The van der Waals surface area contributed by atoms with Gasteiger partial charge in [-0.15, -0.1) is 0 Å². The number of fused-ring (bicyclic) bond motifs is 3. The third-order valence-electron chi connectivity index (χ3n) is 7.42. The topological polar surface area (TPSA) is 40.8 Å². The molecule has 6 aromatic rings. The lowest BCUT2D eigenvalue weighted by Crippen LogP contribution is -2.31. The second-order valence-electron chi connectivity index (χ2n) is 9.79. The van der Waals surface area contributed by atoms with Gasteiger partial charge in [0.15, 0.2) is 6.20 Å². The summed E-state index contributed by atoms with van der Waals surface area (Å²) < 4.78 is 8.89. The fraction of sp³-hybridized carbons (Fsp3) is 0.118. The van der Waals surface area contributed by atoms with Crippen LogP contribution in [0.15, 0.2) is 95.5 Å². The van der Waals surface area contributed by atoms with E-state index in [9.17, 15) is 5.26 Å². The second kappa shape index (κ2) is 8.76. The van der Waals surface area contributed by atoms with Crippen molar-refractivity contribution in [3.63, 3.8) is 0 Å². The molecule has 0 aliphatic carbocycles. The Morgan fingerprint density at radius 1 is 0.649 bits per heavy atom. The molecule has 0 bridgehead atoms. The quantitative estimate of drug-likeness (QED) is 0.240. The lowest BCUT2D eigenvalue weighted by molar-refractivity contribution is -0.660. The lowest BCUT2D eigenvalue weighted by Gasteiger charge is -2.08. The van der Waals surface area contributed by atoms with Crippen LogP contribution in [-0.2, 0) is 7.05 Å².